The highest BCUT2D eigenvalue weighted by Crippen LogP contribution is 2.27. The SMILES string of the molecule is O=C(Nc1ccnn1C1CCN(CC2CC=CCC2)CC1)c1ccco1. The number of amides is 1. The summed E-state index contributed by atoms with van der Waals surface area (Å²) in [4.78, 5) is 14.8. The van der Waals surface area contributed by atoms with Gasteiger partial charge in [-0.05, 0) is 50.2 Å². The van der Waals surface area contributed by atoms with Gasteiger partial charge in [0.25, 0.3) is 5.91 Å². The average Bonchev–Trinajstić information content (AvgIpc) is 3.35. The summed E-state index contributed by atoms with van der Waals surface area (Å²) < 4.78 is 7.12. The minimum atomic E-state index is -0.237. The topological polar surface area (TPSA) is 63.3 Å². The van der Waals surface area contributed by atoms with Crippen LogP contribution in [-0.4, -0.2) is 40.2 Å². The van der Waals surface area contributed by atoms with Crippen molar-refractivity contribution < 1.29 is 9.21 Å². The van der Waals surface area contributed by atoms with E-state index in [-0.39, 0.29) is 5.91 Å². The highest BCUT2D eigenvalue weighted by atomic mass is 16.3. The van der Waals surface area contributed by atoms with Gasteiger partial charge < -0.3 is 14.6 Å². The monoisotopic (exact) mass is 354 g/mol. The van der Waals surface area contributed by atoms with Crippen molar-refractivity contribution in [2.75, 3.05) is 25.0 Å². The largest absolute Gasteiger partial charge is 0.459 e. The van der Waals surface area contributed by atoms with Crippen LogP contribution in [0.25, 0.3) is 0 Å². The quantitative estimate of drug-likeness (QED) is 0.831. The molecule has 6 heteroatoms. The fourth-order valence-electron chi connectivity index (χ4n) is 4.02. The third-order valence-corrected chi connectivity index (χ3v) is 5.45. The lowest BCUT2D eigenvalue weighted by molar-refractivity contribution is 0.0994. The first kappa shape index (κ1) is 17.1. The molecule has 2 aromatic rings. The van der Waals surface area contributed by atoms with Crippen LogP contribution in [0.4, 0.5) is 5.82 Å². The van der Waals surface area contributed by atoms with Crippen molar-refractivity contribution in [1.29, 1.82) is 0 Å². The molecule has 1 fully saturated rings. The van der Waals surface area contributed by atoms with E-state index in [9.17, 15) is 4.79 Å². The third kappa shape index (κ3) is 3.90. The Morgan fingerprint density at radius 3 is 2.85 bits per heavy atom. The van der Waals surface area contributed by atoms with E-state index < -0.39 is 0 Å². The Balaban J connectivity index is 1.32. The van der Waals surface area contributed by atoms with Crippen LogP contribution >= 0.6 is 0 Å². The molecular formula is C20H26N4O2. The summed E-state index contributed by atoms with van der Waals surface area (Å²) in [5, 5.41) is 7.37. The van der Waals surface area contributed by atoms with E-state index in [1.165, 1.54) is 32.1 Å². The molecule has 1 saturated heterocycles. The summed E-state index contributed by atoms with van der Waals surface area (Å²) >= 11 is 0. The zero-order chi connectivity index (χ0) is 17.8. The second-order valence-corrected chi connectivity index (χ2v) is 7.27. The molecule has 2 aromatic heterocycles. The lowest BCUT2D eigenvalue weighted by Gasteiger charge is -2.35. The number of piperidine rings is 1. The van der Waals surface area contributed by atoms with E-state index in [1.54, 1.807) is 18.3 Å². The molecule has 0 saturated carbocycles. The molecule has 3 heterocycles. The average molecular weight is 354 g/mol. The predicted octanol–water partition coefficient (Wildman–Crippen LogP) is 3.72. The molecule has 138 valence electrons. The van der Waals surface area contributed by atoms with E-state index in [0.717, 1.165) is 37.7 Å². The summed E-state index contributed by atoms with van der Waals surface area (Å²) in [6.45, 7) is 3.39. The van der Waals surface area contributed by atoms with Crippen molar-refractivity contribution >= 4 is 11.7 Å². The lowest BCUT2D eigenvalue weighted by atomic mass is 9.93. The van der Waals surface area contributed by atoms with E-state index in [4.69, 9.17) is 4.42 Å². The minimum absolute atomic E-state index is 0.237. The molecule has 0 bridgehead atoms. The molecular weight excluding hydrogens is 328 g/mol. The smallest absolute Gasteiger partial charge is 0.292 e. The van der Waals surface area contributed by atoms with Gasteiger partial charge in [0.2, 0.25) is 0 Å². The number of nitrogens with zero attached hydrogens (tertiary/aromatic N) is 3. The molecule has 6 nitrogen and oxygen atoms in total. The Morgan fingerprint density at radius 2 is 2.12 bits per heavy atom. The van der Waals surface area contributed by atoms with Crippen molar-refractivity contribution in [2.45, 2.75) is 38.1 Å². The molecule has 0 spiro atoms. The molecule has 1 aliphatic carbocycles. The van der Waals surface area contributed by atoms with Crippen LogP contribution in [0.15, 0.2) is 47.2 Å². The molecule has 1 atom stereocenters. The number of nitrogens with one attached hydrogen (secondary N) is 1. The van der Waals surface area contributed by atoms with Crippen LogP contribution < -0.4 is 5.32 Å². The molecule has 1 aliphatic heterocycles. The zero-order valence-electron chi connectivity index (χ0n) is 15.0. The van der Waals surface area contributed by atoms with Gasteiger partial charge in [-0.25, -0.2) is 4.68 Å². The number of allylic oxidation sites excluding steroid dienone is 2. The number of hydrogen-bond donors (Lipinski definition) is 1. The number of furan rings is 1. The number of hydrogen-bond acceptors (Lipinski definition) is 4. The van der Waals surface area contributed by atoms with E-state index >= 15 is 0 Å². The van der Waals surface area contributed by atoms with Crippen molar-refractivity contribution in [3.8, 4) is 0 Å². The maximum absolute atomic E-state index is 12.2. The van der Waals surface area contributed by atoms with Gasteiger partial charge in [-0.2, -0.15) is 5.10 Å². The minimum Gasteiger partial charge on any atom is -0.459 e. The molecule has 4 rings (SSSR count). The van der Waals surface area contributed by atoms with E-state index in [2.05, 4.69) is 27.5 Å². The Labute approximate surface area is 153 Å². The van der Waals surface area contributed by atoms with Crippen molar-refractivity contribution in [2.24, 2.45) is 5.92 Å². The number of aromatic nitrogens is 2. The van der Waals surface area contributed by atoms with Crippen molar-refractivity contribution in [3.63, 3.8) is 0 Å². The fraction of sp³-hybridized carbons (Fsp3) is 0.500. The van der Waals surface area contributed by atoms with Crippen molar-refractivity contribution in [3.05, 3.63) is 48.6 Å². The first-order valence-corrected chi connectivity index (χ1v) is 9.55. The molecule has 1 amide bonds. The fourth-order valence-corrected chi connectivity index (χ4v) is 4.02. The summed E-state index contributed by atoms with van der Waals surface area (Å²) in [7, 11) is 0. The third-order valence-electron chi connectivity index (χ3n) is 5.45. The number of likely N-dealkylation sites (tertiary alicyclic amines) is 1. The highest BCUT2D eigenvalue weighted by molar-refractivity contribution is 6.01. The van der Waals surface area contributed by atoms with Crippen LogP contribution in [0.3, 0.4) is 0 Å². The van der Waals surface area contributed by atoms with Crippen LogP contribution in [-0.2, 0) is 0 Å². The summed E-state index contributed by atoms with van der Waals surface area (Å²) in [6, 6.07) is 5.56. The van der Waals surface area contributed by atoms with Gasteiger partial charge in [0, 0.05) is 25.7 Å². The predicted molar refractivity (Wildman–Crippen MR) is 100 cm³/mol. The number of anilines is 1. The number of rotatable bonds is 5. The van der Waals surface area contributed by atoms with Gasteiger partial charge in [-0.1, -0.05) is 12.2 Å². The highest BCUT2D eigenvalue weighted by Gasteiger charge is 2.25. The van der Waals surface area contributed by atoms with E-state index in [1.807, 2.05) is 10.7 Å². The molecule has 2 aliphatic rings. The summed E-state index contributed by atoms with van der Waals surface area (Å²) in [6.07, 6.45) is 13.8. The molecule has 0 aromatic carbocycles. The Bertz CT molecular complexity index is 742. The maximum atomic E-state index is 12.2. The van der Waals surface area contributed by atoms with Crippen LogP contribution in [0.2, 0.25) is 0 Å². The second-order valence-electron chi connectivity index (χ2n) is 7.27. The first-order chi connectivity index (χ1) is 12.8. The Hall–Kier alpha value is -2.34. The molecule has 26 heavy (non-hydrogen) atoms. The Kier molecular flexibility index (Phi) is 5.20. The normalized spacial score (nSPS) is 21.8. The maximum Gasteiger partial charge on any atom is 0.292 e. The summed E-state index contributed by atoms with van der Waals surface area (Å²) in [5.74, 6) is 1.63. The first-order valence-electron chi connectivity index (χ1n) is 9.55. The number of carbonyl (C=O) groups is 1. The summed E-state index contributed by atoms with van der Waals surface area (Å²) in [5.41, 5.74) is 0. The van der Waals surface area contributed by atoms with Crippen LogP contribution in [0, 0.1) is 5.92 Å². The second kappa shape index (κ2) is 7.91. The van der Waals surface area contributed by atoms with Gasteiger partial charge in [0.15, 0.2) is 5.76 Å². The molecule has 1 unspecified atom stereocenters. The van der Waals surface area contributed by atoms with Gasteiger partial charge >= 0.3 is 0 Å². The lowest BCUT2D eigenvalue weighted by Crippen LogP contribution is -2.38. The van der Waals surface area contributed by atoms with Crippen molar-refractivity contribution in [1.82, 2.24) is 14.7 Å². The molecule has 0 radical (unpaired) electrons. The Morgan fingerprint density at radius 1 is 1.23 bits per heavy atom. The number of carbonyl (C=O) groups excluding carboxylic acids is 1. The van der Waals surface area contributed by atoms with Crippen LogP contribution in [0.5, 0.6) is 0 Å². The zero-order valence-corrected chi connectivity index (χ0v) is 15.0. The van der Waals surface area contributed by atoms with E-state index in [0.29, 0.717) is 11.8 Å². The van der Waals surface area contributed by atoms with Gasteiger partial charge in [-0.15, -0.1) is 0 Å². The molecule has 1 N–H and O–H groups in total. The van der Waals surface area contributed by atoms with Gasteiger partial charge in [0.1, 0.15) is 5.82 Å². The van der Waals surface area contributed by atoms with Gasteiger partial charge in [0.05, 0.1) is 18.5 Å². The van der Waals surface area contributed by atoms with Crippen LogP contribution in [0.1, 0.15) is 48.7 Å². The standard InChI is InChI=1S/C20H26N4O2/c25-20(18-7-4-14-26-18)22-19-8-11-21-24(19)17-9-12-23(13-10-17)15-16-5-2-1-3-6-16/h1-2,4,7-8,11,14,16-17H,3,5-6,9-10,12-13,15H2,(H,22,25). The van der Waals surface area contributed by atoms with Gasteiger partial charge in [-0.3, -0.25) is 4.79 Å².